The predicted molar refractivity (Wildman–Crippen MR) is 87.3 cm³/mol. The topological polar surface area (TPSA) is 119 Å². The highest BCUT2D eigenvalue weighted by Gasteiger charge is 2.24. The summed E-state index contributed by atoms with van der Waals surface area (Å²) in [6.07, 6.45) is 3.30. The zero-order valence-corrected chi connectivity index (χ0v) is 15.2. The summed E-state index contributed by atoms with van der Waals surface area (Å²) >= 11 is 0. The maximum atomic E-state index is 12.1. The molecule has 0 aliphatic rings. The molecule has 0 radical (unpaired) electrons. The second-order valence-electron chi connectivity index (χ2n) is 5.00. The molecular formula is C12H22ClN3O4S2. The molecule has 0 saturated heterocycles. The number of sulfonamides is 1. The summed E-state index contributed by atoms with van der Waals surface area (Å²) in [6, 6.07) is 2.38. The van der Waals surface area contributed by atoms with E-state index >= 15 is 0 Å². The Balaban J connectivity index is 0.00000441. The fourth-order valence-corrected chi connectivity index (χ4v) is 3.21. The Morgan fingerprint density at radius 1 is 1.18 bits per heavy atom. The van der Waals surface area contributed by atoms with Crippen LogP contribution in [0, 0.1) is 0 Å². The second kappa shape index (κ2) is 7.69. The Morgan fingerprint density at radius 2 is 1.73 bits per heavy atom. The van der Waals surface area contributed by atoms with Gasteiger partial charge in [-0.05, 0) is 25.0 Å². The smallest absolute Gasteiger partial charge is 0.242 e. The molecule has 0 bridgehead atoms. The summed E-state index contributed by atoms with van der Waals surface area (Å²) in [5.74, 6) is 0. The third-order valence-electron chi connectivity index (χ3n) is 3.42. The number of pyridine rings is 1. The number of halogens is 1. The van der Waals surface area contributed by atoms with Crippen LogP contribution >= 0.6 is 12.4 Å². The maximum Gasteiger partial charge on any atom is 0.242 e. The second-order valence-corrected chi connectivity index (χ2v) is 8.73. The molecule has 22 heavy (non-hydrogen) atoms. The summed E-state index contributed by atoms with van der Waals surface area (Å²) in [4.78, 5) is 3.57. The van der Waals surface area contributed by atoms with Gasteiger partial charge in [-0.1, -0.05) is 13.8 Å². The lowest BCUT2D eigenvalue weighted by Crippen LogP contribution is -2.49. The highest BCUT2D eigenvalue weighted by molar-refractivity contribution is 7.90. The van der Waals surface area contributed by atoms with E-state index in [9.17, 15) is 16.8 Å². The molecule has 0 aliphatic carbocycles. The number of hydrogen-bond donors (Lipinski definition) is 2. The molecule has 1 aromatic rings. The van der Waals surface area contributed by atoms with Crippen molar-refractivity contribution in [3.63, 3.8) is 0 Å². The Labute approximate surface area is 138 Å². The van der Waals surface area contributed by atoms with Crippen LogP contribution in [0.25, 0.3) is 0 Å². The van der Waals surface area contributed by atoms with Crippen molar-refractivity contribution in [1.82, 2.24) is 9.71 Å². The Morgan fingerprint density at radius 3 is 2.09 bits per heavy atom. The predicted octanol–water partition coefficient (Wildman–Crippen LogP) is 0.703. The van der Waals surface area contributed by atoms with Gasteiger partial charge in [0.15, 0.2) is 14.9 Å². The summed E-state index contributed by atoms with van der Waals surface area (Å²) < 4.78 is 49.2. The van der Waals surface area contributed by atoms with Crippen molar-refractivity contribution in [2.24, 2.45) is 5.73 Å². The van der Waals surface area contributed by atoms with Gasteiger partial charge in [-0.2, -0.15) is 0 Å². The summed E-state index contributed by atoms with van der Waals surface area (Å²) in [5.41, 5.74) is 5.44. The first-order chi connectivity index (χ1) is 9.54. The van der Waals surface area contributed by atoms with E-state index in [2.05, 4.69) is 9.71 Å². The van der Waals surface area contributed by atoms with Crippen LogP contribution in [0.2, 0.25) is 0 Å². The highest BCUT2D eigenvalue weighted by atomic mass is 35.5. The van der Waals surface area contributed by atoms with Crippen molar-refractivity contribution in [1.29, 1.82) is 0 Å². The molecule has 1 heterocycles. The van der Waals surface area contributed by atoms with Crippen molar-refractivity contribution in [2.45, 2.75) is 42.1 Å². The summed E-state index contributed by atoms with van der Waals surface area (Å²) in [5, 5.41) is -0.170. The van der Waals surface area contributed by atoms with Gasteiger partial charge in [-0.15, -0.1) is 12.4 Å². The van der Waals surface area contributed by atoms with Gasteiger partial charge in [0.1, 0.15) is 4.90 Å². The maximum absolute atomic E-state index is 12.1. The molecular weight excluding hydrogens is 350 g/mol. The van der Waals surface area contributed by atoms with Crippen molar-refractivity contribution >= 4 is 32.3 Å². The van der Waals surface area contributed by atoms with E-state index in [0.29, 0.717) is 12.8 Å². The molecule has 0 spiro atoms. The lowest BCUT2D eigenvalue weighted by Gasteiger charge is -2.26. The average molecular weight is 372 g/mol. The Bertz CT molecular complexity index is 684. The van der Waals surface area contributed by atoms with Crippen LogP contribution in [0.3, 0.4) is 0 Å². The monoisotopic (exact) mass is 371 g/mol. The van der Waals surface area contributed by atoms with E-state index in [1.807, 2.05) is 13.8 Å². The van der Waals surface area contributed by atoms with Crippen LogP contribution in [0.4, 0.5) is 0 Å². The van der Waals surface area contributed by atoms with Crippen molar-refractivity contribution < 1.29 is 16.8 Å². The first-order valence-electron chi connectivity index (χ1n) is 6.49. The minimum Gasteiger partial charge on any atom is -0.324 e. The fraction of sp³-hybridized carbons (Fsp3) is 0.583. The standard InChI is InChI=1S/C12H21N3O4S2.ClH/c1-4-12(13,5-2)9-15-21(18,19)10-6-7-11(14-8-10)20(3,16)17;/h6-8,15H,4-5,9,13H2,1-3H3;1H. The zero-order chi connectivity index (χ0) is 16.3. The molecule has 7 nitrogen and oxygen atoms in total. The summed E-state index contributed by atoms with van der Waals surface area (Å²) in [6.45, 7) is 3.89. The molecule has 0 aliphatic heterocycles. The van der Waals surface area contributed by atoms with Gasteiger partial charge in [0.05, 0.1) is 0 Å². The van der Waals surface area contributed by atoms with Crippen molar-refractivity contribution in [3.8, 4) is 0 Å². The van der Waals surface area contributed by atoms with Gasteiger partial charge in [0.2, 0.25) is 10.0 Å². The quantitative estimate of drug-likeness (QED) is 0.728. The number of hydrogen-bond acceptors (Lipinski definition) is 6. The van der Waals surface area contributed by atoms with Crippen molar-refractivity contribution in [3.05, 3.63) is 18.3 Å². The molecule has 3 N–H and O–H groups in total. The molecule has 0 amide bonds. The van der Waals surface area contributed by atoms with Gasteiger partial charge in [0, 0.05) is 24.5 Å². The van der Waals surface area contributed by atoms with Gasteiger partial charge < -0.3 is 5.73 Å². The van der Waals surface area contributed by atoms with Gasteiger partial charge >= 0.3 is 0 Å². The fourth-order valence-electron chi connectivity index (χ4n) is 1.57. The molecule has 0 atom stereocenters. The minimum absolute atomic E-state index is 0. The molecule has 1 rings (SSSR count). The van der Waals surface area contributed by atoms with Crippen LogP contribution in [0.15, 0.2) is 28.3 Å². The first kappa shape index (κ1) is 21.3. The minimum atomic E-state index is -3.76. The largest absolute Gasteiger partial charge is 0.324 e. The van der Waals surface area contributed by atoms with Gasteiger partial charge in [-0.25, -0.2) is 26.5 Å². The molecule has 0 aromatic carbocycles. The normalized spacial score (nSPS) is 12.7. The van der Waals surface area contributed by atoms with Crippen LogP contribution in [0.5, 0.6) is 0 Å². The number of nitrogens with one attached hydrogen (secondary N) is 1. The van der Waals surface area contributed by atoms with Crippen LogP contribution in [0.1, 0.15) is 26.7 Å². The first-order valence-corrected chi connectivity index (χ1v) is 9.86. The Kier molecular flexibility index (Phi) is 7.43. The Hall–Kier alpha value is -0.740. The number of aromatic nitrogens is 1. The molecule has 0 unspecified atom stereocenters. The van der Waals surface area contributed by atoms with Crippen LogP contribution in [-0.2, 0) is 19.9 Å². The molecule has 10 heteroatoms. The van der Waals surface area contributed by atoms with E-state index in [1.54, 1.807) is 0 Å². The molecule has 0 saturated carbocycles. The number of rotatable bonds is 7. The third kappa shape index (κ3) is 5.47. The van der Waals surface area contributed by atoms with Crippen LogP contribution < -0.4 is 10.5 Å². The number of sulfone groups is 1. The number of nitrogens with zero attached hydrogens (tertiary/aromatic N) is 1. The lowest BCUT2D eigenvalue weighted by atomic mass is 9.95. The van der Waals surface area contributed by atoms with E-state index in [-0.39, 0.29) is 28.9 Å². The van der Waals surface area contributed by atoms with Crippen molar-refractivity contribution in [2.75, 3.05) is 12.8 Å². The van der Waals surface area contributed by atoms with Gasteiger partial charge in [0.25, 0.3) is 0 Å². The third-order valence-corrected chi connectivity index (χ3v) is 5.81. The van der Waals surface area contributed by atoms with E-state index in [1.165, 1.54) is 12.1 Å². The molecule has 128 valence electrons. The zero-order valence-electron chi connectivity index (χ0n) is 12.7. The summed E-state index contributed by atoms with van der Waals surface area (Å²) in [7, 11) is -7.22. The molecule has 0 fully saturated rings. The van der Waals surface area contributed by atoms with E-state index in [0.717, 1.165) is 12.5 Å². The average Bonchev–Trinajstić information content (AvgIpc) is 2.44. The lowest BCUT2D eigenvalue weighted by molar-refractivity contribution is 0.391. The van der Waals surface area contributed by atoms with Crippen LogP contribution in [-0.4, -0.2) is 40.2 Å². The van der Waals surface area contributed by atoms with E-state index in [4.69, 9.17) is 5.73 Å². The highest BCUT2D eigenvalue weighted by Crippen LogP contribution is 2.14. The SMILES string of the molecule is CCC(N)(CC)CNS(=O)(=O)c1ccc(S(C)(=O)=O)nc1.Cl. The molecule has 1 aromatic heterocycles. The van der Waals surface area contributed by atoms with Gasteiger partial charge in [-0.3, -0.25) is 0 Å². The van der Waals surface area contributed by atoms with E-state index < -0.39 is 25.4 Å². The number of nitrogens with two attached hydrogens (primary N) is 1.